The Morgan fingerprint density at radius 1 is 1.46 bits per heavy atom. The summed E-state index contributed by atoms with van der Waals surface area (Å²) in [4.78, 5) is 42.8. The van der Waals surface area contributed by atoms with E-state index >= 15 is 0 Å². The Labute approximate surface area is 135 Å². The third-order valence-corrected chi connectivity index (χ3v) is 3.83. The van der Waals surface area contributed by atoms with E-state index in [2.05, 4.69) is 16.1 Å². The summed E-state index contributed by atoms with van der Waals surface area (Å²) >= 11 is 0. The molecule has 0 saturated carbocycles. The first-order chi connectivity index (χ1) is 11.3. The van der Waals surface area contributed by atoms with Crippen LogP contribution < -0.4 is 11.2 Å². The topological polar surface area (TPSA) is 149 Å². The molecule has 134 valence electrons. The molecule has 12 heteroatoms. The molecular formula is C12H17N2O9P. The van der Waals surface area contributed by atoms with Gasteiger partial charge in [0.1, 0.15) is 12.2 Å². The molecule has 1 aliphatic rings. The van der Waals surface area contributed by atoms with E-state index in [9.17, 15) is 14.2 Å². The Bertz CT molecular complexity index is 739. The first-order valence-corrected chi connectivity index (χ1v) is 8.26. The Kier molecular flexibility index (Phi) is 5.75. The fraction of sp³-hybridized carbons (Fsp3) is 0.500. The number of methoxy groups -OCH3 is 1. The molecule has 2 heterocycles. The van der Waals surface area contributed by atoms with Crippen LogP contribution in [0.1, 0.15) is 6.23 Å². The van der Waals surface area contributed by atoms with E-state index in [0.29, 0.717) is 0 Å². The van der Waals surface area contributed by atoms with E-state index in [4.69, 9.17) is 24.0 Å². The molecule has 0 radical (unpaired) electrons. The second-order valence-corrected chi connectivity index (χ2v) is 6.08. The lowest BCUT2D eigenvalue weighted by Gasteiger charge is -2.22. The quantitative estimate of drug-likeness (QED) is 0.413. The van der Waals surface area contributed by atoms with Crippen molar-refractivity contribution in [3.63, 3.8) is 0 Å². The number of H-pyrrole nitrogens is 1. The van der Waals surface area contributed by atoms with Gasteiger partial charge in [-0.25, -0.2) is 9.36 Å². The molecule has 1 saturated heterocycles. The van der Waals surface area contributed by atoms with Crippen LogP contribution in [-0.2, 0) is 23.3 Å². The van der Waals surface area contributed by atoms with E-state index in [1.165, 1.54) is 13.3 Å². The van der Waals surface area contributed by atoms with Crippen molar-refractivity contribution in [1.82, 2.24) is 9.55 Å². The molecule has 2 rings (SSSR count). The van der Waals surface area contributed by atoms with Crippen molar-refractivity contribution in [2.24, 2.45) is 0 Å². The second kappa shape index (κ2) is 7.43. The Morgan fingerprint density at radius 3 is 2.71 bits per heavy atom. The van der Waals surface area contributed by atoms with Crippen LogP contribution in [0.25, 0.3) is 0 Å². The van der Waals surface area contributed by atoms with Crippen LogP contribution in [0.4, 0.5) is 0 Å². The van der Waals surface area contributed by atoms with E-state index in [-0.39, 0.29) is 0 Å². The first-order valence-electron chi connectivity index (χ1n) is 6.73. The van der Waals surface area contributed by atoms with Crippen molar-refractivity contribution in [2.75, 3.05) is 13.7 Å². The molecular weight excluding hydrogens is 347 g/mol. The molecule has 11 nitrogen and oxygen atoms in total. The molecule has 4 atom stereocenters. The summed E-state index contributed by atoms with van der Waals surface area (Å²) in [5, 5.41) is 0. The number of phosphoric ester groups is 1. The van der Waals surface area contributed by atoms with Crippen molar-refractivity contribution in [2.45, 2.75) is 24.5 Å². The number of nitrogens with zero attached hydrogens (tertiary/aromatic N) is 1. The van der Waals surface area contributed by atoms with Gasteiger partial charge in [0.15, 0.2) is 12.3 Å². The lowest BCUT2D eigenvalue weighted by Crippen LogP contribution is -2.39. The van der Waals surface area contributed by atoms with E-state index in [0.717, 1.165) is 16.9 Å². The predicted molar refractivity (Wildman–Crippen MR) is 79.1 cm³/mol. The van der Waals surface area contributed by atoms with Crippen molar-refractivity contribution < 1.29 is 33.1 Å². The zero-order chi connectivity index (χ0) is 17.9. The minimum absolute atomic E-state index is 0.503. The highest BCUT2D eigenvalue weighted by atomic mass is 31.2. The van der Waals surface area contributed by atoms with Crippen LogP contribution in [0, 0.1) is 0 Å². The van der Waals surface area contributed by atoms with Crippen LogP contribution >= 0.6 is 7.82 Å². The third kappa shape index (κ3) is 4.20. The monoisotopic (exact) mass is 364 g/mol. The average Bonchev–Trinajstić information content (AvgIpc) is 2.82. The summed E-state index contributed by atoms with van der Waals surface area (Å²) in [6.07, 6.45) is -1.30. The van der Waals surface area contributed by atoms with Gasteiger partial charge < -0.3 is 24.0 Å². The number of rotatable bonds is 7. The summed E-state index contributed by atoms with van der Waals surface area (Å²) in [5.74, 6) is 0. The molecule has 3 N–H and O–H groups in total. The first kappa shape index (κ1) is 18.6. The van der Waals surface area contributed by atoms with Crippen LogP contribution in [0.3, 0.4) is 0 Å². The van der Waals surface area contributed by atoms with Crippen LogP contribution in [-0.4, -0.2) is 51.4 Å². The summed E-state index contributed by atoms with van der Waals surface area (Å²) in [7, 11) is -3.37. The molecule has 0 aliphatic carbocycles. The summed E-state index contributed by atoms with van der Waals surface area (Å²) in [6, 6.07) is 1.13. The Balaban J connectivity index is 2.31. The van der Waals surface area contributed by atoms with Crippen molar-refractivity contribution in [3.05, 3.63) is 45.9 Å². The fourth-order valence-corrected chi connectivity index (χ4v) is 2.73. The Morgan fingerprint density at radius 2 is 2.17 bits per heavy atom. The number of phosphoric acid groups is 1. The maximum absolute atomic E-state index is 11.9. The highest BCUT2D eigenvalue weighted by molar-refractivity contribution is 7.46. The molecule has 0 amide bonds. The highest BCUT2D eigenvalue weighted by Crippen LogP contribution is 2.39. The van der Waals surface area contributed by atoms with Crippen LogP contribution in [0.15, 0.2) is 34.7 Å². The molecule has 1 aromatic heterocycles. The van der Waals surface area contributed by atoms with Crippen molar-refractivity contribution >= 4 is 7.82 Å². The SMILES string of the molecule is C=COC1C(OC)[C@H](n2ccc(=O)[nH]c2=O)O[C@@H]1COP(=O)(O)O. The number of nitrogens with one attached hydrogen (secondary N) is 1. The van der Waals surface area contributed by atoms with Gasteiger partial charge in [-0.1, -0.05) is 6.58 Å². The van der Waals surface area contributed by atoms with Gasteiger partial charge in [-0.15, -0.1) is 0 Å². The highest BCUT2D eigenvalue weighted by Gasteiger charge is 2.48. The van der Waals surface area contributed by atoms with Gasteiger partial charge in [0.05, 0.1) is 12.9 Å². The lowest BCUT2D eigenvalue weighted by molar-refractivity contribution is -0.0620. The van der Waals surface area contributed by atoms with Crippen LogP contribution in [0.5, 0.6) is 0 Å². The van der Waals surface area contributed by atoms with Gasteiger partial charge in [-0.3, -0.25) is 18.9 Å². The average molecular weight is 364 g/mol. The summed E-state index contributed by atoms with van der Waals surface area (Å²) in [5.41, 5.74) is -1.31. The number of aromatic nitrogens is 2. The number of ether oxygens (including phenoxy) is 3. The second-order valence-electron chi connectivity index (χ2n) is 4.84. The van der Waals surface area contributed by atoms with Crippen LogP contribution in [0.2, 0.25) is 0 Å². The summed E-state index contributed by atoms with van der Waals surface area (Å²) < 4.78 is 32.6. The maximum Gasteiger partial charge on any atom is 0.469 e. The van der Waals surface area contributed by atoms with E-state index in [1.807, 2.05) is 0 Å². The fourth-order valence-electron chi connectivity index (χ4n) is 2.39. The van der Waals surface area contributed by atoms with Gasteiger partial charge in [-0.2, -0.15) is 0 Å². The zero-order valence-corrected chi connectivity index (χ0v) is 13.5. The molecule has 0 spiro atoms. The predicted octanol–water partition coefficient (Wildman–Crippen LogP) is -0.913. The number of aromatic amines is 1. The minimum Gasteiger partial charge on any atom is -0.493 e. The molecule has 1 aliphatic heterocycles. The molecule has 0 aromatic carbocycles. The number of hydrogen-bond donors (Lipinski definition) is 3. The third-order valence-electron chi connectivity index (χ3n) is 3.34. The maximum atomic E-state index is 11.9. The van der Waals surface area contributed by atoms with Gasteiger partial charge in [0.2, 0.25) is 0 Å². The lowest BCUT2D eigenvalue weighted by atomic mass is 10.1. The van der Waals surface area contributed by atoms with Gasteiger partial charge in [-0.05, 0) is 0 Å². The molecule has 0 bridgehead atoms. The van der Waals surface area contributed by atoms with Crippen molar-refractivity contribution in [3.8, 4) is 0 Å². The van der Waals surface area contributed by atoms with E-state index in [1.54, 1.807) is 0 Å². The smallest absolute Gasteiger partial charge is 0.469 e. The Hall–Kier alpha value is -1.75. The standard InChI is InChI=1S/C12H17N2O9P/c1-3-21-9-7(6-22-24(17,18)19)23-11(10(9)20-2)14-5-4-8(15)13-12(14)16/h3-5,7,9-11H,1,6H2,2H3,(H,13,15,16)(H2,17,18,19)/t7-,9?,10?,11-/m1/s1. The van der Waals surface area contributed by atoms with Gasteiger partial charge >= 0.3 is 13.5 Å². The van der Waals surface area contributed by atoms with Gasteiger partial charge in [0, 0.05) is 19.4 Å². The molecule has 1 fully saturated rings. The largest absolute Gasteiger partial charge is 0.493 e. The van der Waals surface area contributed by atoms with E-state index < -0.39 is 50.2 Å². The van der Waals surface area contributed by atoms with Crippen molar-refractivity contribution in [1.29, 1.82) is 0 Å². The molecule has 1 aromatic rings. The van der Waals surface area contributed by atoms with Gasteiger partial charge in [0.25, 0.3) is 5.56 Å². The number of hydrogen-bond acceptors (Lipinski definition) is 7. The summed E-state index contributed by atoms with van der Waals surface area (Å²) in [6.45, 7) is 2.92. The molecule has 2 unspecified atom stereocenters. The molecule has 24 heavy (non-hydrogen) atoms. The minimum atomic E-state index is -4.72. The normalized spacial score (nSPS) is 27.1. The zero-order valence-electron chi connectivity index (χ0n) is 12.6.